The zero-order chi connectivity index (χ0) is 18.7. The van der Waals surface area contributed by atoms with E-state index in [4.69, 9.17) is 0 Å². The number of hydrogen-bond donors (Lipinski definition) is 2. The highest BCUT2D eigenvalue weighted by atomic mass is 79.9. The van der Waals surface area contributed by atoms with E-state index in [1.54, 1.807) is 6.07 Å². The van der Waals surface area contributed by atoms with E-state index in [1.165, 1.54) is 4.90 Å². The molecule has 138 valence electrons. The van der Waals surface area contributed by atoms with Crippen molar-refractivity contribution in [3.63, 3.8) is 0 Å². The lowest BCUT2D eigenvalue weighted by molar-refractivity contribution is -0.880. The average molecular weight is 420 g/mol. The first kappa shape index (κ1) is 18.7. The highest BCUT2D eigenvalue weighted by Crippen LogP contribution is 2.32. The van der Waals surface area contributed by atoms with Crippen LogP contribution in [0.3, 0.4) is 0 Å². The van der Waals surface area contributed by atoms with Crippen molar-refractivity contribution >= 4 is 33.0 Å². The first-order valence-electron chi connectivity index (χ1n) is 8.81. The third kappa shape index (κ3) is 4.34. The van der Waals surface area contributed by atoms with Crippen LogP contribution in [-0.4, -0.2) is 38.2 Å². The number of nitro benzene ring substituents is 1. The van der Waals surface area contributed by atoms with Gasteiger partial charge in [0.15, 0.2) is 0 Å². The summed E-state index contributed by atoms with van der Waals surface area (Å²) in [6.07, 6.45) is 0. The molecular weight excluding hydrogens is 396 g/mol. The number of piperazine rings is 1. The predicted molar refractivity (Wildman–Crippen MR) is 108 cm³/mol. The van der Waals surface area contributed by atoms with Crippen LogP contribution in [0.1, 0.15) is 18.5 Å². The molecule has 2 N–H and O–H groups in total. The number of nitrogens with one attached hydrogen (secondary N) is 2. The smallest absolute Gasteiger partial charge is 0.292 e. The maximum Gasteiger partial charge on any atom is 0.292 e. The van der Waals surface area contributed by atoms with Crippen molar-refractivity contribution in [2.75, 3.05) is 43.4 Å². The number of likely N-dealkylation sites (N-methyl/N-ethyl adjacent to an activating group) is 1. The van der Waals surface area contributed by atoms with Crippen molar-refractivity contribution in [2.45, 2.75) is 13.0 Å². The fourth-order valence-corrected chi connectivity index (χ4v) is 3.47. The fourth-order valence-electron chi connectivity index (χ4n) is 3.21. The normalized spacial score (nSPS) is 16.3. The van der Waals surface area contributed by atoms with Gasteiger partial charge in [0.05, 0.1) is 38.2 Å². The molecule has 0 aromatic heterocycles. The molecule has 0 saturated carbocycles. The number of nitro groups is 1. The van der Waals surface area contributed by atoms with E-state index in [0.29, 0.717) is 5.69 Å². The quantitative estimate of drug-likeness (QED) is 0.577. The highest BCUT2D eigenvalue weighted by Gasteiger charge is 2.21. The molecule has 0 spiro atoms. The van der Waals surface area contributed by atoms with Gasteiger partial charge in [0.25, 0.3) is 5.69 Å². The molecule has 26 heavy (non-hydrogen) atoms. The molecule has 6 nitrogen and oxygen atoms in total. The minimum atomic E-state index is -0.325. The van der Waals surface area contributed by atoms with E-state index in [9.17, 15) is 10.1 Å². The van der Waals surface area contributed by atoms with Crippen LogP contribution in [0.25, 0.3) is 0 Å². The molecule has 1 aliphatic heterocycles. The minimum Gasteiger partial charge on any atom is -0.373 e. The van der Waals surface area contributed by atoms with Crippen molar-refractivity contribution < 1.29 is 9.82 Å². The zero-order valence-corrected chi connectivity index (χ0v) is 16.6. The van der Waals surface area contributed by atoms with E-state index >= 15 is 0 Å². The predicted octanol–water partition coefficient (Wildman–Crippen LogP) is 2.87. The van der Waals surface area contributed by atoms with Crippen molar-refractivity contribution in [3.05, 3.63) is 62.6 Å². The summed E-state index contributed by atoms with van der Waals surface area (Å²) in [4.78, 5) is 14.9. The molecular formula is C19H24BrN4O2+. The number of rotatable bonds is 5. The van der Waals surface area contributed by atoms with Crippen LogP contribution in [0.15, 0.2) is 46.9 Å². The number of hydrogen-bond acceptors (Lipinski definition) is 4. The van der Waals surface area contributed by atoms with Crippen LogP contribution in [0.5, 0.6) is 0 Å². The summed E-state index contributed by atoms with van der Waals surface area (Å²) >= 11 is 3.43. The second-order valence-corrected chi connectivity index (χ2v) is 7.74. The van der Waals surface area contributed by atoms with E-state index in [0.717, 1.165) is 41.9 Å². The molecule has 1 atom stereocenters. The van der Waals surface area contributed by atoms with Gasteiger partial charge in [0.2, 0.25) is 0 Å². The Morgan fingerprint density at radius 2 is 1.85 bits per heavy atom. The lowest BCUT2D eigenvalue weighted by Crippen LogP contribution is -3.12. The fraction of sp³-hybridized carbons (Fsp3) is 0.368. The first-order chi connectivity index (χ1) is 12.4. The molecule has 0 unspecified atom stereocenters. The van der Waals surface area contributed by atoms with E-state index in [1.807, 2.05) is 43.3 Å². The van der Waals surface area contributed by atoms with Crippen LogP contribution >= 0.6 is 15.9 Å². The topological polar surface area (TPSA) is 62.8 Å². The Balaban J connectivity index is 1.84. The molecule has 1 aliphatic rings. The van der Waals surface area contributed by atoms with Crippen molar-refractivity contribution in [2.24, 2.45) is 0 Å². The molecule has 0 radical (unpaired) electrons. The lowest BCUT2D eigenvalue weighted by Gasteiger charge is -2.32. The molecule has 1 heterocycles. The Morgan fingerprint density at radius 1 is 1.19 bits per heavy atom. The Morgan fingerprint density at radius 3 is 2.46 bits per heavy atom. The van der Waals surface area contributed by atoms with Crippen molar-refractivity contribution in [1.29, 1.82) is 0 Å². The maximum atomic E-state index is 11.5. The summed E-state index contributed by atoms with van der Waals surface area (Å²) in [5.74, 6) is 0. The van der Waals surface area contributed by atoms with Gasteiger partial charge in [-0.15, -0.1) is 0 Å². The number of quaternary nitrogens is 1. The molecule has 1 fully saturated rings. The second-order valence-electron chi connectivity index (χ2n) is 6.82. The van der Waals surface area contributed by atoms with Gasteiger partial charge < -0.3 is 15.1 Å². The van der Waals surface area contributed by atoms with Gasteiger partial charge in [-0.25, -0.2) is 0 Å². The Labute approximate surface area is 162 Å². The first-order valence-corrected chi connectivity index (χ1v) is 9.60. The number of halogens is 1. The number of benzene rings is 2. The summed E-state index contributed by atoms with van der Waals surface area (Å²) in [5.41, 5.74) is 2.79. The van der Waals surface area contributed by atoms with Crippen LogP contribution in [0.4, 0.5) is 17.1 Å². The summed E-state index contributed by atoms with van der Waals surface area (Å²) in [6.45, 7) is 6.10. The number of anilines is 2. The van der Waals surface area contributed by atoms with Crippen LogP contribution < -0.4 is 15.1 Å². The monoisotopic (exact) mass is 419 g/mol. The minimum absolute atomic E-state index is 0.0333. The summed E-state index contributed by atoms with van der Waals surface area (Å²) in [5, 5.41) is 14.8. The summed E-state index contributed by atoms with van der Waals surface area (Å²) in [6, 6.07) is 13.3. The van der Waals surface area contributed by atoms with Gasteiger partial charge >= 0.3 is 0 Å². The second kappa shape index (κ2) is 8.05. The maximum absolute atomic E-state index is 11.5. The molecule has 0 amide bonds. The highest BCUT2D eigenvalue weighted by molar-refractivity contribution is 9.10. The largest absolute Gasteiger partial charge is 0.373 e. The van der Waals surface area contributed by atoms with Gasteiger partial charge in [0.1, 0.15) is 5.69 Å². The molecule has 2 aromatic carbocycles. The molecule has 3 rings (SSSR count). The van der Waals surface area contributed by atoms with Crippen LogP contribution in [0, 0.1) is 10.1 Å². The Kier molecular flexibility index (Phi) is 5.78. The molecule has 0 bridgehead atoms. The third-order valence-corrected chi connectivity index (χ3v) is 5.43. The van der Waals surface area contributed by atoms with Gasteiger partial charge in [0, 0.05) is 22.3 Å². The SMILES string of the molecule is C[C@H](Nc1cc(N2CC[NH+](C)CC2)ccc1[N+](=O)[O-])c1ccc(Br)cc1. The van der Waals surface area contributed by atoms with Crippen LogP contribution in [0.2, 0.25) is 0 Å². The molecule has 7 heteroatoms. The van der Waals surface area contributed by atoms with Crippen molar-refractivity contribution in [3.8, 4) is 0 Å². The van der Waals surface area contributed by atoms with E-state index < -0.39 is 0 Å². The summed E-state index contributed by atoms with van der Waals surface area (Å²) in [7, 11) is 2.19. The average Bonchev–Trinajstić information content (AvgIpc) is 2.62. The third-order valence-electron chi connectivity index (χ3n) is 4.90. The van der Waals surface area contributed by atoms with Gasteiger partial charge in [-0.1, -0.05) is 28.1 Å². The summed E-state index contributed by atoms with van der Waals surface area (Å²) < 4.78 is 1.01. The van der Waals surface area contributed by atoms with E-state index in [2.05, 4.69) is 33.2 Å². The molecule has 2 aromatic rings. The Hall–Kier alpha value is -2.12. The van der Waals surface area contributed by atoms with Crippen molar-refractivity contribution in [1.82, 2.24) is 0 Å². The zero-order valence-electron chi connectivity index (χ0n) is 15.0. The van der Waals surface area contributed by atoms with Crippen LogP contribution in [-0.2, 0) is 0 Å². The van der Waals surface area contributed by atoms with Gasteiger partial charge in [-0.05, 0) is 36.8 Å². The van der Waals surface area contributed by atoms with E-state index in [-0.39, 0.29) is 16.7 Å². The van der Waals surface area contributed by atoms with Gasteiger partial charge in [-0.3, -0.25) is 10.1 Å². The standard InChI is InChI=1S/C19H23BrN4O2/c1-14(15-3-5-16(20)6-4-15)21-18-13-17(7-8-19(18)24(25)26)23-11-9-22(2)10-12-23/h3-8,13-14,21H,9-12H2,1-2H3/p+1/t14-/m0/s1. The Bertz CT molecular complexity index is 774. The number of nitrogens with zero attached hydrogens (tertiary/aromatic N) is 2. The van der Waals surface area contributed by atoms with Gasteiger partial charge in [-0.2, -0.15) is 0 Å². The molecule has 1 saturated heterocycles. The lowest BCUT2D eigenvalue weighted by atomic mass is 10.1. The molecule has 0 aliphatic carbocycles.